The Bertz CT molecular complexity index is 338. The van der Waals surface area contributed by atoms with Gasteiger partial charge in [-0.05, 0) is 37.7 Å². The largest absolute Gasteiger partial charge is 0.493 e. The molecule has 17 heavy (non-hydrogen) atoms. The van der Waals surface area contributed by atoms with Crippen LogP contribution < -0.4 is 4.74 Å². The second-order valence-corrected chi connectivity index (χ2v) is 5.64. The Kier molecular flexibility index (Phi) is 4.38. The molecule has 1 nitrogen and oxygen atoms in total. The van der Waals surface area contributed by atoms with Gasteiger partial charge in [0.15, 0.2) is 0 Å². The smallest absolute Gasteiger partial charge is 0.119 e. The molecule has 94 valence electrons. The highest BCUT2D eigenvalue weighted by molar-refractivity contribution is 7.80. The van der Waals surface area contributed by atoms with Gasteiger partial charge in [-0.15, -0.1) is 0 Å². The van der Waals surface area contributed by atoms with E-state index in [4.69, 9.17) is 4.74 Å². The molecule has 2 rings (SSSR count). The molecule has 2 heteroatoms. The van der Waals surface area contributed by atoms with Crippen LogP contribution in [0.3, 0.4) is 0 Å². The Morgan fingerprint density at radius 2 is 1.76 bits per heavy atom. The van der Waals surface area contributed by atoms with E-state index in [1.807, 2.05) is 0 Å². The molecule has 0 saturated heterocycles. The fourth-order valence-corrected chi connectivity index (χ4v) is 2.93. The molecule has 0 unspecified atom stereocenters. The molecule has 0 amide bonds. The van der Waals surface area contributed by atoms with Crippen molar-refractivity contribution in [1.29, 1.82) is 0 Å². The third-order valence-electron chi connectivity index (χ3n) is 3.82. The maximum Gasteiger partial charge on any atom is 0.119 e. The third-order valence-corrected chi connectivity index (χ3v) is 4.49. The van der Waals surface area contributed by atoms with Crippen LogP contribution >= 0.6 is 12.6 Å². The summed E-state index contributed by atoms with van der Waals surface area (Å²) in [6.45, 7) is 2.92. The Balaban J connectivity index is 1.93. The fourth-order valence-electron chi connectivity index (χ4n) is 2.52. The number of thiol groups is 1. The summed E-state index contributed by atoms with van der Waals surface area (Å²) >= 11 is 4.53. The second kappa shape index (κ2) is 5.81. The van der Waals surface area contributed by atoms with Gasteiger partial charge in [-0.2, -0.15) is 12.6 Å². The molecule has 0 N–H and O–H groups in total. The van der Waals surface area contributed by atoms with Gasteiger partial charge in [0.05, 0.1) is 6.61 Å². The number of hydrogen-bond donors (Lipinski definition) is 1. The molecule has 0 atom stereocenters. The van der Waals surface area contributed by atoms with Gasteiger partial charge in [0.25, 0.3) is 0 Å². The number of ether oxygens (including phenoxy) is 1. The van der Waals surface area contributed by atoms with Crippen LogP contribution in [-0.4, -0.2) is 12.4 Å². The summed E-state index contributed by atoms with van der Waals surface area (Å²) in [5, 5.41) is 0. The van der Waals surface area contributed by atoms with E-state index in [9.17, 15) is 0 Å². The van der Waals surface area contributed by atoms with Gasteiger partial charge in [-0.3, -0.25) is 0 Å². The summed E-state index contributed by atoms with van der Waals surface area (Å²) in [5.74, 6) is 1.93. The maximum atomic E-state index is 5.95. The topological polar surface area (TPSA) is 9.23 Å². The highest BCUT2D eigenvalue weighted by Gasteiger charge is 2.31. The minimum absolute atomic E-state index is 0.312. The summed E-state index contributed by atoms with van der Waals surface area (Å²) in [5.41, 5.74) is 1.59. The average molecular weight is 250 g/mol. The first-order valence-electron chi connectivity index (χ1n) is 6.54. The molecular weight excluding hydrogens is 228 g/mol. The summed E-state index contributed by atoms with van der Waals surface area (Å²) in [6, 6.07) is 8.32. The van der Waals surface area contributed by atoms with Crippen molar-refractivity contribution in [2.45, 2.75) is 39.0 Å². The van der Waals surface area contributed by atoms with Crippen LogP contribution in [0.5, 0.6) is 5.75 Å². The number of aryl methyl sites for hydroxylation is 1. The summed E-state index contributed by atoms with van der Waals surface area (Å²) in [6.07, 6.45) is 6.57. The Labute approximate surface area is 110 Å². The van der Waals surface area contributed by atoms with E-state index in [0.29, 0.717) is 5.41 Å². The fraction of sp³-hybridized carbons (Fsp3) is 0.600. The third kappa shape index (κ3) is 3.41. The minimum atomic E-state index is 0.312. The monoisotopic (exact) mass is 250 g/mol. The van der Waals surface area contributed by atoms with Crippen molar-refractivity contribution in [3.05, 3.63) is 29.8 Å². The standard InChI is InChI=1S/C15H22OS/c1-13-5-7-14(8-6-13)16-11-15(12-17)9-3-2-4-10-15/h5-8,17H,2-4,9-12H2,1H3. The van der Waals surface area contributed by atoms with Gasteiger partial charge in [-0.1, -0.05) is 37.0 Å². The van der Waals surface area contributed by atoms with Crippen LogP contribution in [-0.2, 0) is 0 Å². The highest BCUT2D eigenvalue weighted by atomic mass is 32.1. The zero-order valence-electron chi connectivity index (χ0n) is 10.6. The van der Waals surface area contributed by atoms with Crippen LogP contribution in [0.2, 0.25) is 0 Å². The van der Waals surface area contributed by atoms with Gasteiger partial charge in [0.2, 0.25) is 0 Å². The lowest BCUT2D eigenvalue weighted by atomic mass is 9.76. The van der Waals surface area contributed by atoms with Gasteiger partial charge in [0, 0.05) is 5.41 Å². The first kappa shape index (κ1) is 12.8. The van der Waals surface area contributed by atoms with Gasteiger partial charge >= 0.3 is 0 Å². The first-order valence-corrected chi connectivity index (χ1v) is 7.18. The normalized spacial score (nSPS) is 18.9. The molecule has 1 fully saturated rings. The molecule has 0 aliphatic heterocycles. The van der Waals surface area contributed by atoms with Gasteiger partial charge in [-0.25, -0.2) is 0 Å². The Hall–Kier alpha value is -0.630. The van der Waals surface area contributed by atoms with E-state index in [2.05, 4.69) is 43.8 Å². The van der Waals surface area contributed by atoms with E-state index in [1.165, 1.54) is 37.7 Å². The summed E-state index contributed by atoms with van der Waals surface area (Å²) < 4.78 is 5.95. The lowest BCUT2D eigenvalue weighted by molar-refractivity contribution is 0.121. The second-order valence-electron chi connectivity index (χ2n) is 5.32. The van der Waals surface area contributed by atoms with Crippen LogP contribution in [0.25, 0.3) is 0 Å². The van der Waals surface area contributed by atoms with Crippen molar-refractivity contribution >= 4 is 12.6 Å². The van der Waals surface area contributed by atoms with Crippen molar-refractivity contribution in [3.63, 3.8) is 0 Å². The number of hydrogen-bond acceptors (Lipinski definition) is 2. The van der Waals surface area contributed by atoms with Crippen LogP contribution in [0.15, 0.2) is 24.3 Å². The Morgan fingerprint density at radius 3 is 2.35 bits per heavy atom. The van der Waals surface area contributed by atoms with E-state index in [0.717, 1.165) is 18.1 Å². The molecule has 0 heterocycles. The molecule has 0 radical (unpaired) electrons. The summed E-state index contributed by atoms with van der Waals surface area (Å²) in [4.78, 5) is 0. The number of benzene rings is 1. The van der Waals surface area contributed by atoms with Crippen LogP contribution in [0.4, 0.5) is 0 Å². The van der Waals surface area contributed by atoms with Crippen molar-refractivity contribution in [2.24, 2.45) is 5.41 Å². The first-order chi connectivity index (χ1) is 8.24. The number of rotatable bonds is 4. The van der Waals surface area contributed by atoms with E-state index >= 15 is 0 Å². The quantitative estimate of drug-likeness (QED) is 0.786. The van der Waals surface area contributed by atoms with Crippen LogP contribution in [0, 0.1) is 12.3 Å². The average Bonchev–Trinajstić information content (AvgIpc) is 2.39. The molecule has 1 aliphatic rings. The van der Waals surface area contributed by atoms with Crippen molar-refractivity contribution in [2.75, 3.05) is 12.4 Å². The van der Waals surface area contributed by atoms with Crippen LogP contribution in [0.1, 0.15) is 37.7 Å². The van der Waals surface area contributed by atoms with E-state index in [1.54, 1.807) is 0 Å². The van der Waals surface area contributed by atoms with Gasteiger partial charge in [0.1, 0.15) is 5.75 Å². The Morgan fingerprint density at radius 1 is 1.12 bits per heavy atom. The van der Waals surface area contributed by atoms with E-state index in [-0.39, 0.29) is 0 Å². The predicted octanol–water partition coefficient (Wildman–Crippen LogP) is 4.25. The molecule has 1 aromatic rings. The maximum absolute atomic E-state index is 5.95. The zero-order chi connectivity index (χ0) is 12.1. The zero-order valence-corrected chi connectivity index (χ0v) is 11.5. The molecule has 1 saturated carbocycles. The summed E-state index contributed by atoms with van der Waals surface area (Å²) in [7, 11) is 0. The molecule has 0 bridgehead atoms. The van der Waals surface area contributed by atoms with E-state index < -0.39 is 0 Å². The van der Waals surface area contributed by atoms with Gasteiger partial charge < -0.3 is 4.74 Å². The highest BCUT2D eigenvalue weighted by Crippen LogP contribution is 2.37. The molecule has 1 aliphatic carbocycles. The minimum Gasteiger partial charge on any atom is -0.493 e. The van der Waals surface area contributed by atoms with Crippen molar-refractivity contribution in [3.8, 4) is 5.75 Å². The molecule has 0 aromatic heterocycles. The lowest BCUT2D eigenvalue weighted by Gasteiger charge is -2.35. The predicted molar refractivity (Wildman–Crippen MR) is 76.0 cm³/mol. The SMILES string of the molecule is Cc1ccc(OCC2(CS)CCCCC2)cc1. The molecule has 1 aromatic carbocycles. The molecular formula is C15H22OS. The van der Waals surface area contributed by atoms with Crippen molar-refractivity contribution < 1.29 is 4.74 Å². The lowest BCUT2D eigenvalue weighted by Crippen LogP contribution is -2.32. The molecule has 0 spiro atoms. The van der Waals surface area contributed by atoms with Crippen molar-refractivity contribution in [1.82, 2.24) is 0 Å².